The number of benzene rings is 1. The predicted octanol–water partition coefficient (Wildman–Crippen LogP) is 2.41. The number of ether oxygens (including phenoxy) is 1. The van der Waals surface area contributed by atoms with Gasteiger partial charge in [0.1, 0.15) is 5.75 Å². The number of nitrogens with one attached hydrogen (secondary N) is 2. The first-order valence-electron chi connectivity index (χ1n) is 7.82. The van der Waals surface area contributed by atoms with Crippen molar-refractivity contribution < 1.29 is 17.9 Å². The number of aryl methyl sites for hydroxylation is 1. The van der Waals surface area contributed by atoms with Crippen LogP contribution in [0, 0.1) is 0 Å². The molecule has 0 fully saturated rings. The highest BCUT2D eigenvalue weighted by atomic mass is 32.2. The molecule has 0 aliphatic carbocycles. The maximum absolute atomic E-state index is 12.3. The van der Waals surface area contributed by atoms with Crippen molar-refractivity contribution in [2.45, 2.75) is 31.1 Å². The highest BCUT2D eigenvalue weighted by Crippen LogP contribution is 2.22. The second kappa shape index (κ2) is 8.82. The van der Waals surface area contributed by atoms with Crippen molar-refractivity contribution >= 4 is 32.4 Å². The monoisotopic (exact) mass is 383 g/mol. The minimum absolute atomic E-state index is 0.0322. The Bertz CT molecular complexity index is 801. The largest absolute Gasteiger partial charge is 0.497 e. The Morgan fingerprint density at radius 2 is 2.00 bits per heavy atom. The molecule has 2 N–H and O–H groups in total. The second-order valence-corrected chi connectivity index (χ2v) is 7.82. The maximum atomic E-state index is 12.3. The number of anilines is 1. The van der Waals surface area contributed by atoms with Gasteiger partial charge in [0.05, 0.1) is 17.7 Å². The lowest BCUT2D eigenvalue weighted by atomic mass is 10.2. The molecule has 0 bridgehead atoms. The zero-order chi connectivity index (χ0) is 18.3. The number of amides is 1. The number of sulfonamides is 1. The van der Waals surface area contributed by atoms with Crippen LogP contribution in [-0.2, 0) is 21.2 Å². The van der Waals surface area contributed by atoms with Crippen molar-refractivity contribution in [2.24, 2.45) is 0 Å². The number of hydrogen-bond acceptors (Lipinski definition) is 6. The average molecular weight is 383 g/mol. The number of hydrogen-bond donors (Lipinski definition) is 2. The first kappa shape index (κ1) is 19.2. The van der Waals surface area contributed by atoms with Gasteiger partial charge >= 0.3 is 0 Å². The predicted molar refractivity (Wildman–Crippen MR) is 97.5 cm³/mol. The molecule has 1 aromatic carbocycles. The molecular formula is C16H21N3O4S2. The molecule has 1 heterocycles. The molecule has 0 aliphatic heterocycles. The molecule has 0 atom stereocenters. The van der Waals surface area contributed by atoms with E-state index in [9.17, 15) is 13.2 Å². The van der Waals surface area contributed by atoms with Crippen molar-refractivity contribution in [1.82, 2.24) is 10.3 Å². The normalized spacial score (nSPS) is 11.1. The highest BCUT2D eigenvalue weighted by molar-refractivity contribution is 7.93. The molecule has 2 aromatic rings. The van der Waals surface area contributed by atoms with Crippen LogP contribution in [0.25, 0.3) is 0 Å². The van der Waals surface area contributed by atoms with Gasteiger partial charge in [-0.05, 0) is 37.1 Å². The van der Waals surface area contributed by atoms with Gasteiger partial charge in [0, 0.05) is 18.3 Å². The summed E-state index contributed by atoms with van der Waals surface area (Å²) >= 11 is 1.19. The molecule has 0 saturated carbocycles. The van der Waals surface area contributed by atoms with Gasteiger partial charge in [0.25, 0.3) is 10.0 Å². The number of nitrogens with zero attached hydrogens (tertiary/aromatic N) is 1. The van der Waals surface area contributed by atoms with E-state index in [0.29, 0.717) is 30.8 Å². The van der Waals surface area contributed by atoms with E-state index in [0.717, 1.165) is 6.42 Å². The molecule has 0 radical (unpaired) electrons. The van der Waals surface area contributed by atoms with E-state index in [1.54, 1.807) is 17.5 Å². The van der Waals surface area contributed by atoms with E-state index in [2.05, 4.69) is 15.0 Å². The van der Waals surface area contributed by atoms with Gasteiger partial charge in [0.2, 0.25) is 5.91 Å². The lowest BCUT2D eigenvalue weighted by molar-refractivity contribution is -0.121. The van der Waals surface area contributed by atoms with Gasteiger partial charge in [-0.2, -0.15) is 0 Å². The average Bonchev–Trinajstić information content (AvgIpc) is 3.04. The fourth-order valence-corrected chi connectivity index (χ4v) is 3.99. The van der Waals surface area contributed by atoms with E-state index in [1.807, 2.05) is 6.92 Å². The van der Waals surface area contributed by atoms with E-state index in [-0.39, 0.29) is 15.9 Å². The summed E-state index contributed by atoms with van der Waals surface area (Å²) in [5, 5.41) is 4.82. The van der Waals surface area contributed by atoms with Crippen molar-refractivity contribution in [2.75, 3.05) is 18.4 Å². The summed E-state index contributed by atoms with van der Waals surface area (Å²) in [4.78, 5) is 16.0. The van der Waals surface area contributed by atoms with Crippen molar-refractivity contribution in [1.29, 1.82) is 0 Å². The summed E-state index contributed by atoms with van der Waals surface area (Å²) in [7, 11) is -2.19. The fraction of sp³-hybridized carbons (Fsp3) is 0.375. The van der Waals surface area contributed by atoms with Crippen molar-refractivity contribution in [3.63, 3.8) is 0 Å². The third kappa shape index (κ3) is 5.71. The quantitative estimate of drug-likeness (QED) is 0.693. The van der Waals surface area contributed by atoms with E-state index < -0.39 is 10.0 Å². The number of methoxy groups -OCH3 is 1. The molecule has 9 heteroatoms. The summed E-state index contributed by atoms with van der Waals surface area (Å²) in [5.41, 5.74) is 0.684. The first-order valence-corrected chi connectivity index (χ1v) is 10.2. The molecular weight excluding hydrogens is 362 g/mol. The van der Waals surface area contributed by atoms with Gasteiger partial charge in [-0.25, -0.2) is 13.4 Å². The van der Waals surface area contributed by atoms with Gasteiger partial charge < -0.3 is 10.1 Å². The van der Waals surface area contributed by atoms with Crippen LogP contribution in [0.2, 0.25) is 0 Å². The first-order chi connectivity index (χ1) is 11.9. The summed E-state index contributed by atoms with van der Waals surface area (Å²) in [5.74, 6) is 0.548. The molecule has 2 rings (SSSR count). The molecule has 136 valence electrons. The zero-order valence-electron chi connectivity index (χ0n) is 14.1. The Hall–Kier alpha value is -2.13. The van der Waals surface area contributed by atoms with Crippen molar-refractivity contribution in [3.05, 3.63) is 35.3 Å². The fourth-order valence-electron chi connectivity index (χ4n) is 1.99. The Morgan fingerprint density at radius 3 is 2.64 bits per heavy atom. The SMILES string of the molecule is CCCNC(=O)CCc1csc(NS(=O)(=O)c2ccc(OC)cc2)n1. The van der Waals surface area contributed by atoms with Gasteiger partial charge in [-0.1, -0.05) is 6.92 Å². The Morgan fingerprint density at radius 1 is 1.28 bits per heavy atom. The Kier molecular flexibility index (Phi) is 6.77. The van der Waals surface area contributed by atoms with Gasteiger partial charge in [0.15, 0.2) is 5.13 Å². The Balaban J connectivity index is 1.96. The summed E-state index contributed by atoms with van der Waals surface area (Å²) < 4.78 is 32.2. The molecule has 25 heavy (non-hydrogen) atoms. The topological polar surface area (TPSA) is 97.4 Å². The van der Waals surface area contributed by atoms with Gasteiger partial charge in [-0.15, -0.1) is 11.3 Å². The third-order valence-electron chi connectivity index (χ3n) is 3.32. The van der Waals surface area contributed by atoms with E-state index in [4.69, 9.17) is 4.74 Å². The smallest absolute Gasteiger partial charge is 0.263 e. The number of aromatic nitrogens is 1. The van der Waals surface area contributed by atoms with Crippen LogP contribution >= 0.6 is 11.3 Å². The molecule has 0 unspecified atom stereocenters. The third-order valence-corrected chi connectivity index (χ3v) is 5.61. The lowest BCUT2D eigenvalue weighted by Crippen LogP contribution is -2.24. The Labute approximate surface area is 151 Å². The zero-order valence-corrected chi connectivity index (χ0v) is 15.7. The number of rotatable bonds is 9. The van der Waals surface area contributed by atoms with Crippen LogP contribution in [-0.4, -0.2) is 33.0 Å². The number of carbonyl (C=O) groups excluding carboxylic acids is 1. The number of thiazole rings is 1. The molecule has 1 amide bonds. The van der Waals surface area contributed by atoms with Crippen LogP contribution in [0.3, 0.4) is 0 Å². The molecule has 0 spiro atoms. The minimum atomic E-state index is -3.71. The van der Waals surface area contributed by atoms with Crippen LogP contribution < -0.4 is 14.8 Å². The second-order valence-electron chi connectivity index (χ2n) is 5.27. The van der Waals surface area contributed by atoms with Crippen molar-refractivity contribution in [3.8, 4) is 5.75 Å². The van der Waals surface area contributed by atoms with Crippen LogP contribution in [0.4, 0.5) is 5.13 Å². The minimum Gasteiger partial charge on any atom is -0.497 e. The molecule has 1 aromatic heterocycles. The summed E-state index contributed by atoms with van der Waals surface area (Å²) in [6, 6.07) is 6.09. The molecule has 7 nitrogen and oxygen atoms in total. The maximum Gasteiger partial charge on any atom is 0.263 e. The summed E-state index contributed by atoms with van der Waals surface area (Å²) in [6.07, 6.45) is 1.68. The summed E-state index contributed by atoms with van der Waals surface area (Å²) in [6.45, 7) is 2.64. The van der Waals surface area contributed by atoms with Gasteiger partial charge in [-0.3, -0.25) is 9.52 Å². The van der Waals surface area contributed by atoms with Crippen LogP contribution in [0.5, 0.6) is 5.75 Å². The molecule has 0 aliphatic rings. The standard InChI is InChI=1S/C16H21N3O4S2/c1-3-10-17-15(20)9-4-12-11-24-16(18-12)19-25(21,22)14-7-5-13(23-2)6-8-14/h5-8,11H,3-4,9-10H2,1-2H3,(H,17,20)(H,18,19). The highest BCUT2D eigenvalue weighted by Gasteiger charge is 2.16. The molecule has 0 saturated heterocycles. The number of carbonyl (C=O) groups is 1. The van der Waals surface area contributed by atoms with Crippen LogP contribution in [0.15, 0.2) is 34.5 Å². The van der Waals surface area contributed by atoms with E-state index >= 15 is 0 Å². The van der Waals surface area contributed by atoms with E-state index in [1.165, 1.54) is 30.6 Å². The van der Waals surface area contributed by atoms with Crippen LogP contribution in [0.1, 0.15) is 25.5 Å². The lowest BCUT2D eigenvalue weighted by Gasteiger charge is -2.06.